The number of amides is 1. The summed E-state index contributed by atoms with van der Waals surface area (Å²) in [6.45, 7) is 0.488. The first-order chi connectivity index (χ1) is 9.97. The average molecular weight is 369 g/mol. The standard InChI is InChI=1S/C14H13BrN2O3S/c1-16(8-10-6-13(15)21-9-10)14(18)7-11-4-2-3-5-12(11)17(19)20/h2-6,9H,7-8H2,1H3. The van der Waals surface area contributed by atoms with Gasteiger partial charge in [-0.3, -0.25) is 14.9 Å². The van der Waals surface area contributed by atoms with Crippen LogP contribution in [0.4, 0.5) is 5.69 Å². The first-order valence-electron chi connectivity index (χ1n) is 6.16. The van der Waals surface area contributed by atoms with Gasteiger partial charge in [-0.05, 0) is 32.9 Å². The summed E-state index contributed by atoms with van der Waals surface area (Å²) >= 11 is 4.94. The Morgan fingerprint density at radius 3 is 2.76 bits per heavy atom. The summed E-state index contributed by atoms with van der Waals surface area (Å²) in [7, 11) is 1.70. The largest absolute Gasteiger partial charge is 0.341 e. The minimum Gasteiger partial charge on any atom is -0.341 e. The second-order valence-electron chi connectivity index (χ2n) is 4.57. The number of nitro groups is 1. The molecular formula is C14H13BrN2O3S. The third kappa shape index (κ3) is 4.12. The summed E-state index contributed by atoms with van der Waals surface area (Å²) in [5, 5.41) is 12.9. The maximum absolute atomic E-state index is 12.2. The van der Waals surface area contributed by atoms with Crippen molar-refractivity contribution >= 4 is 38.9 Å². The molecule has 0 saturated heterocycles. The van der Waals surface area contributed by atoms with E-state index < -0.39 is 4.92 Å². The number of hydrogen-bond donors (Lipinski definition) is 0. The molecule has 0 atom stereocenters. The molecule has 1 amide bonds. The molecule has 1 heterocycles. The molecule has 0 N–H and O–H groups in total. The van der Waals surface area contributed by atoms with Crippen molar-refractivity contribution in [3.05, 3.63) is 60.7 Å². The Balaban J connectivity index is 2.05. The molecule has 0 unspecified atom stereocenters. The summed E-state index contributed by atoms with van der Waals surface area (Å²) in [5.74, 6) is -0.147. The van der Waals surface area contributed by atoms with E-state index in [0.717, 1.165) is 9.35 Å². The molecular weight excluding hydrogens is 356 g/mol. The average Bonchev–Trinajstić information content (AvgIpc) is 2.84. The Labute approximate surface area is 134 Å². The molecule has 110 valence electrons. The summed E-state index contributed by atoms with van der Waals surface area (Å²) in [6.07, 6.45) is 0.0267. The van der Waals surface area contributed by atoms with Crippen LogP contribution in [0.3, 0.4) is 0 Å². The van der Waals surface area contributed by atoms with Crippen LogP contribution < -0.4 is 0 Å². The SMILES string of the molecule is CN(Cc1csc(Br)c1)C(=O)Cc1ccccc1[N+](=O)[O-]. The lowest BCUT2D eigenvalue weighted by molar-refractivity contribution is -0.385. The number of hydrogen-bond acceptors (Lipinski definition) is 4. The fourth-order valence-electron chi connectivity index (χ4n) is 1.93. The fraction of sp³-hybridized carbons (Fsp3) is 0.214. The number of carbonyl (C=O) groups excluding carboxylic acids is 1. The van der Waals surface area contributed by atoms with Crippen LogP contribution in [0.25, 0.3) is 0 Å². The molecule has 0 spiro atoms. The minimum absolute atomic E-state index is 0.0162. The molecule has 2 aromatic rings. The summed E-state index contributed by atoms with van der Waals surface area (Å²) < 4.78 is 1.01. The monoisotopic (exact) mass is 368 g/mol. The number of nitro benzene ring substituents is 1. The predicted molar refractivity (Wildman–Crippen MR) is 85.3 cm³/mol. The van der Waals surface area contributed by atoms with E-state index in [9.17, 15) is 14.9 Å². The van der Waals surface area contributed by atoms with Crippen molar-refractivity contribution in [2.75, 3.05) is 7.05 Å². The van der Waals surface area contributed by atoms with E-state index in [-0.39, 0.29) is 18.0 Å². The zero-order valence-electron chi connectivity index (χ0n) is 11.3. The molecule has 1 aromatic carbocycles. The van der Waals surface area contributed by atoms with Crippen LogP contribution in [0.15, 0.2) is 39.5 Å². The lowest BCUT2D eigenvalue weighted by Gasteiger charge is -2.16. The first-order valence-corrected chi connectivity index (χ1v) is 7.84. The number of thiophene rings is 1. The van der Waals surface area contributed by atoms with Crippen molar-refractivity contribution in [2.24, 2.45) is 0 Å². The third-order valence-corrected chi connectivity index (χ3v) is 4.55. The molecule has 2 rings (SSSR count). The van der Waals surface area contributed by atoms with Crippen LogP contribution in [0.2, 0.25) is 0 Å². The van der Waals surface area contributed by atoms with Gasteiger partial charge in [0.1, 0.15) is 0 Å². The van der Waals surface area contributed by atoms with E-state index in [2.05, 4.69) is 15.9 Å². The van der Waals surface area contributed by atoms with E-state index in [1.54, 1.807) is 41.5 Å². The maximum atomic E-state index is 12.2. The predicted octanol–water partition coefficient (Wildman–Crippen LogP) is 3.62. The van der Waals surface area contributed by atoms with Crippen molar-refractivity contribution < 1.29 is 9.72 Å². The number of nitrogens with zero attached hydrogens (tertiary/aromatic N) is 2. The van der Waals surface area contributed by atoms with Crippen molar-refractivity contribution in [3.8, 4) is 0 Å². The quantitative estimate of drug-likeness (QED) is 0.597. The maximum Gasteiger partial charge on any atom is 0.273 e. The molecule has 1 aromatic heterocycles. The topological polar surface area (TPSA) is 63.5 Å². The molecule has 0 aliphatic rings. The van der Waals surface area contributed by atoms with Gasteiger partial charge in [0.25, 0.3) is 5.69 Å². The smallest absolute Gasteiger partial charge is 0.273 e. The van der Waals surface area contributed by atoms with E-state index in [4.69, 9.17) is 0 Å². The Morgan fingerprint density at radius 1 is 1.43 bits per heavy atom. The van der Waals surface area contributed by atoms with E-state index in [0.29, 0.717) is 12.1 Å². The summed E-state index contributed by atoms with van der Waals surface area (Å²) in [4.78, 5) is 24.3. The Hall–Kier alpha value is -1.73. The molecule has 5 nitrogen and oxygen atoms in total. The number of carbonyl (C=O) groups is 1. The highest BCUT2D eigenvalue weighted by Gasteiger charge is 2.18. The number of rotatable bonds is 5. The van der Waals surface area contributed by atoms with Gasteiger partial charge in [-0.25, -0.2) is 0 Å². The zero-order valence-corrected chi connectivity index (χ0v) is 13.7. The van der Waals surface area contributed by atoms with Crippen LogP contribution in [0.5, 0.6) is 0 Å². The summed E-state index contributed by atoms with van der Waals surface area (Å²) in [5.41, 5.74) is 1.45. The van der Waals surface area contributed by atoms with Gasteiger partial charge in [-0.2, -0.15) is 0 Å². The van der Waals surface area contributed by atoms with Gasteiger partial charge >= 0.3 is 0 Å². The van der Waals surface area contributed by atoms with Crippen LogP contribution in [-0.4, -0.2) is 22.8 Å². The lowest BCUT2D eigenvalue weighted by atomic mass is 10.1. The molecule has 0 radical (unpaired) electrons. The second-order valence-corrected chi connectivity index (χ2v) is 6.86. The fourth-order valence-corrected chi connectivity index (χ4v) is 3.13. The van der Waals surface area contributed by atoms with Crippen LogP contribution in [0, 0.1) is 10.1 Å². The highest BCUT2D eigenvalue weighted by Crippen LogP contribution is 2.22. The lowest BCUT2D eigenvalue weighted by Crippen LogP contribution is -2.27. The first kappa shape index (κ1) is 15.7. The van der Waals surface area contributed by atoms with Crippen LogP contribution in [-0.2, 0) is 17.8 Å². The zero-order chi connectivity index (χ0) is 15.4. The molecule has 0 saturated carbocycles. The van der Waals surface area contributed by atoms with Crippen LogP contribution >= 0.6 is 27.3 Å². The van der Waals surface area contributed by atoms with Gasteiger partial charge in [0, 0.05) is 25.2 Å². The van der Waals surface area contributed by atoms with E-state index in [1.165, 1.54) is 6.07 Å². The molecule has 0 bridgehead atoms. The van der Waals surface area contributed by atoms with Gasteiger partial charge in [0.2, 0.25) is 5.91 Å². The third-order valence-electron chi connectivity index (χ3n) is 3.00. The molecule has 0 aliphatic carbocycles. The Kier molecular flexibility index (Phi) is 5.08. The summed E-state index contributed by atoms with van der Waals surface area (Å²) in [6, 6.07) is 8.29. The van der Waals surface area contributed by atoms with Crippen molar-refractivity contribution in [2.45, 2.75) is 13.0 Å². The molecule has 0 fully saturated rings. The molecule has 7 heteroatoms. The van der Waals surface area contributed by atoms with Gasteiger partial charge in [-0.1, -0.05) is 18.2 Å². The Bertz CT molecular complexity index is 672. The van der Waals surface area contributed by atoms with Crippen LogP contribution in [0.1, 0.15) is 11.1 Å². The van der Waals surface area contributed by atoms with E-state index in [1.807, 2.05) is 11.4 Å². The normalized spacial score (nSPS) is 10.4. The number of halogens is 1. The van der Waals surface area contributed by atoms with Crippen molar-refractivity contribution in [1.82, 2.24) is 4.90 Å². The van der Waals surface area contributed by atoms with E-state index >= 15 is 0 Å². The van der Waals surface area contributed by atoms with Gasteiger partial charge in [-0.15, -0.1) is 11.3 Å². The number of likely N-dealkylation sites (N-methyl/N-ethyl adjacent to an activating group) is 1. The van der Waals surface area contributed by atoms with Gasteiger partial charge < -0.3 is 4.90 Å². The second kappa shape index (κ2) is 6.82. The highest BCUT2D eigenvalue weighted by molar-refractivity contribution is 9.11. The molecule has 0 aliphatic heterocycles. The van der Waals surface area contributed by atoms with Crippen molar-refractivity contribution in [3.63, 3.8) is 0 Å². The highest BCUT2D eigenvalue weighted by atomic mass is 79.9. The van der Waals surface area contributed by atoms with Crippen molar-refractivity contribution in [1.29, 1.82) is 0 Å². The number of para-hydroxylation sites is 1. The van der Waals surface area contributed by atoms with Gasteiger partial charge in [0.15, 0.2) is 0 Å². The minimum atomic E-state index is -0.460. The molecule has 21 heavy (non-hydrogen) atoms. The number of benzene rings is 1. The van der Waals surface area contributed by atoms with Gasteiger partial charge in [0.05, 0.1) is 15.1 Å². The Morgan fingerprint density at radius 2 is 2.14 bits per heavy atom.